The molecule has 1 aromatic heterocycles. The minimum absolute atomic E-state index is 0.00105. The number of hydrogen-bond acceptors (Lipinski definition) is 9. The zero-order valence-electron chi connectivity index (χ0n) is 24.8. The topological polar surface area (TPSA) is 114 Å². The van der Waals surface area contributed by atoms with Crippen LogP contribution < -0.4 is 15.4 Å². The number of hydrogen-bond donors (Lipinski definition) is 1. The molecule has 1 saturated heterocycles. The Morgan fingerprint density at radius 2 is 1.80 bits per heavy atom. The molecule has 4 rings (SSSR count). The standard InChI is InChI=1S/C31H46N6O4/c1-3-4-19-41-31-33-29(32)26-22-27(38)37(30(26)34-31)18-10-17-36(16-9-15-35-13-6-5-7-14-35)23-25-12-8-11-24(20-25)21-28(39)40-2/h8,11-12,20H,3-7,9-10,13-19,21-23H2,1-2H3,(H2,32,33,34). The Morgan fingerprint density at radius 1 is 1.05 bits per heavy atom. The summed E-state index contributed by atoms with van der Waals surface area (Å²) < 4.78 is 10.5. The summed E-state index contributed by atoms with van der Waals surface area (Å²) in [6, 6.07) is 8.41. The van der Waals surface area contributed by atoms with Crippen LogP contribution in [0, 0.1) is 0 Å². The number of nitrogens with zero attached hydrogens (tertiary/aromatic N) is 5. The van der Waals surface area contributed by atoms with Gasteiger partial charge in [0.2, 0.25) is 5.91 Å². The summed E-state index contributed by atoms with van der Waals surface area (Å²) in [4.78, 5) is 40.3. The number of aromatic nitrogens is 2. The van der Waals surface area contributed by atoms with E-state index in [1.165, 1.54) is 45.0 Å². The maximum absolute atomic E-state index is 12.9. The molecule has 10 nitrogen and oxygen atoms in total. The van der Waals surface area contributed by atoms with Gasteiger partial charge in [0.15, 0.2) is 0 Å². The zero-order chi connectivity index (χ0) is 29.0. The van der Waals surface area contributed by atoms with E-state index in [2.05, 4.69) is 38.8 Å². The molecule has 1 amide bonds. The molecule has 224 valence electrons. The number of anilines is 2. The molecule has 0 atom stereocenters. The molecule has 0 aliphatic carbocycles. The molecule has 2 aliphatic rings. The van der Waals surface area contributed by atoms with Crippen molar-refractivity contribution in [2.75, 3.05) is 63.6 Å². The largest absolute Gasteiger partial charge is 0.469 e. The number of nitrogen functional groups attached to an aromatic ring is 1. The van der Waals surface area contributed by atoms with Crippen molar-refractivity contribution in [2.24, 2.45) is 0 Å². The molecule has 2 aliphatic heterocycles. The van der Waals surface area contributed by atoms with Gasteiger partial charge in [0.05, 0.1) is 26.6 Å². The second-order valence-electron chi connectivity index (χ2n) is 11.1. The first-order valence-corrected chi connectivity index (χ1v) is 15.2. The fourth-order valence-electron chi connectivity index (χ4n) is 5.59. The molecule has 0 unspecified atom stereocenters. The van der Waals surface area contributed by atoms with E-state index in [-0.39, 0.29) is 30.7 Å². The summed E-state index contributed by atoms with van der Waals surface area (Å²) in [5.74, 6) is 0.669. The van der Waals surface area contributed by atoms with Crippen LogP contribution in [-0.4, -0.2) is 84.6 Å². The van der Waals surface area contributed by atoms with Crippen LogP contribution >= 0.6 is 0 Å². The number of carbonyl (C=O) groups excluding carboxylic acids is 2. The number of piperidine rings is 1. The smallest absolute Gasteiger partial charge is 0.320 e. The van der Waals surface area contributed by atoms with E-state index in [0.717, 1.165) is 57.4 Å². The van der Waals surface area contributed by atoms with Gasteiger partial charge < -0.3 is 20.1 Å². The summed E-state index contributed by atoms with van der Waals surface area (Å²) in [6.07, 6.45) is 8.22. The number of carbonyl (C=O) groups is 2. The van der Waals surface area contributed by atoms with Crippen molar-refractivity contribution in [1.82, 2.24) is 19.8 Å². The Labute approximate surface area is 244 Å². The second-order valence-corrected chi connectivity index (χ2v) is 11.1. The van der Waals surface area contributed by atoms with Gasteiger partial charge in [0, 0.05) is 25.2 Å². The third-order valence-corrected chi connectivity index (χ3v) is 7.84. The van der Waals surface area contributed by atoms with Gasteiger partial charge in [-0.1, -0.05) is 44.0 Å². The first-order chi connectivity index (χ1) is 20.0. The molecule has 3 heterocycles. The van der Waals surface area contributed by atoms with Crippen LogP contribution in [0.4, 0.5) is 11.6 Å². The van der Waals surface area contributed by atoms with Crippen molar-refractivity contribution in [2.45, 2.75) is 71.3 Å². The fraction of sp³-hybridized carbons (Fsp3) is 0.613. The van der Waals surface area contributed by atoms with Gasteiger partial charge in [-0.2, -0.15) is 9.97 Å². The number of nitrogens with two attached hydrogens (primary N) is 1. The highest BCUT2D eigenvalue weighted by molar-refractivity contribution is 6.01. The van der Waals surface area contributed by atoms with Gasteiger partial charge in [-0.25, -0.2) is 0 Å². The Balaban J connectivity index is 1.39. The van der Waals surface area contributed by atoms with Gasteiger partial charge >= 0.3 is 12.0 Å². The molecule has 0 saturated carbocycles. The molecule has 0 radical (unpaired) electrons. The van der Waals surface area contributed by atoms with Crippen LogP contribution in [-0.2, 0) is 33.7 Å². The highest BCUT2D eigenvalue weighted by Crippen LogP contribution is 2.32. The van der Waals surface area contributed by atoms with E-state index < -0.39 is 0 Å². The van der Waals surface area contributed by atoms with E-state index in [1.54, 1.807) is 4.90 Å². The second kappa shape index (κ2) is 15.7. The first-order valence-electron chi connectivity index (χ1n) is 15.2. The summed E-state index contributed by atoms with van der Waals surface area (Å²) in [6.45, 7) is 9.25. The average molecular weight is 567 g/mol. The highest BCUT2D eigenvalue weighted by Gasteiger charge is 2.32. The summed E-state index contributed by atoms with van der Waals surface area (Å²) >= 11 is 0. The third-order valence-electron chi connectivity index (χ3n) is 7.84. The molecular weight excluding hydrogens is 520 g/mol. The van der Waals surface area contributed by atoms with E-state index in [0.29, 0.717) is 30.4 Å². The van der Waals surface area contributed by atoms with Crippen LogP contribution in [0.5, 0.6) is 6.01 Å². The maximum Gasteiger partial charge on any atom is 0.320 e. The number of methoxy groups -OCH3 is 1. The zero-order valence-corrected chi connectivity index (χ0v) is 24.8. The highest BCUT2D eigenvalue weighted by atomic mass is 16.5. The van der Waals surface area contributed by atoms with Crippen molar-refractivity contribution in [3.05, 3.63) is 41.0 Å². The van der Waals surface area contributed by atoms with Gasteiger partial charge in [-0.05, 0) is 69.4 Å². The van der Waals surface area contributed by atoms with Crippen LogP contribution in [0.15, 0.2) is 24.3 Å². The SMILES string of the molecule is CCCCOc1nc(N)c2c(n1)N(CCCN(CCCN1CCCCC1)Cc1cccc(CC(=O)OC)c1)C(=O)C2. The van der Waals surface area contributed by atoms with Crippen molar-refractivity contribution in [3.8, 4) is 6.01 Å². The first kappa shape index (κ1) is 30.7. The van der Waals surface area contributed by atoms with Crippen molar-refractivity contribution >= 4 is 23.5 Å². The van der Waals surface area contributed by atoms with Gasteiger partial charge in [-0.3, -0.25) is 19.4 Å². The molecule has 2 N–H and O–H groups in total. The Morgan fingerprint density at radius 3 is 2.56 bits per heavy atom. The number of fused-ring (bicyclic) bond motifs is 1. The summed E-state index contributed by atoms with van der Waals surface area (Å²) in [7, 11) is 1.42. The van der Waals surface area contributed by atoms with E-state index >= 15 is 0 Å². The predicted octanol–water partition coefficient (Wildman–Crippen LogP) is 3.61. The van der Waals surface area contributed by atoms with Crippen LogP contribution in [0.3, 0.4) is 0 Å². The van der Waals surface area contributed by atoms with Gasteiger partial charge in [0.1, 0.15) is 11.6 Å². The number of benzene rings is 1. The molecule has 2 aromatic rings. The Hall–Kier alpha value is -3.24. The monoisotopic (exact) mass is 566 g/mol. The Bertz CT molecular complexity index is 1150. The minimum atomic E-state index is -0.237. The lowest BCUT2D eigenvalue weighted by Gasteiger charge is -2.28. The molecule has 1 aromatic carbocycles. The number of ether oxygens (including phenoxy) is 2. The lowest BCUT2D eigenvalue weighted by molar-refractivity contribution is -0.139. The predicted molar refractivity (Wildman–Crippen MR) is 160 cm³/mol. The lowest BCUT2D eigenvalue weighted by Crippen LogP contribution is -2.35. The van der Waals surface area contributed by atoms with Crippen LogP contribution in [0.25, 0.3) is 0 Å². The van der Waals surface area contributed by atoms with E-state index in [9.17, 15) is 9.59 Å². The number of amides is 1. The normalized spacial score (nSPS) is 15.4. The Kier molecular flexibility index (Phi) is 11.7. The minimum Gasteiger partial charge on any atom is -0.469 e. The van der Waals surface area contributed by atoms with Crippen molar-refractivity contribution in [1.29, 1.82) is 0 Å². The van der Waals surface area contributed by atoms with Gasteiger partial charge in [-0.15, -0.1) is 0 Å². The lowest BCUT2D eigenvalue weighted by atomic mass is 10.1. The molecule has 0 bridgehead atoms. The number of rotatable bonds is 16. The molecule has 10 heteroatoms. The quantitative estimate of drug-likeness (QED) is 0.240. The van der Waals surface area contributed by atoms with E-state index in [4.69, 9.17) is 15.2 Å². The molecule has 1 fully saturated rings. The van der Waals surface area contributed by atoms with Crippen LogP contribution in [0.2, 0.25) is 0 Å². The fourth-order valence-corrected chi connectivity index (χ4v) is 5.59. The number of likely N-dealkylation sites (tertiary alicyclic amines) is 1. The van der Waals surface area contributed by atoms with Crippen molar-refractivity contribution in [3.63, 3.8) is 0 Å². The third kappa shape index (κ3) is 9.13. The summed E-state index contributed by atoms with van der Waals surface area (Å²) in [5.41, 5.74) is 9.00. The van der Waals surface area contributed by atoms with Crippen molar-refractivity contribution < 1.29 is 19.1 Å². The maximum atomic E-state index is 12.9. The number of esters is 1. The van der Waals surface area contributed by atoms with Gasteiger partial charge in [0.25, 0.3) is 0 Å². The number of unbranched alkanes of at least 4 members (excludes halogenated alkanes) is 1. The van der Waals surface area contributed by atoms with Crippen LogP contribution in [0.1, 0.15) is 68.6 Å². The summed E-state index contributed by atoms with van der Waals surface area (Å²) in [5, 5.41) is 0. The molecule has 41 heavy (non-hydrogen) atoms. The molecule has 0 spiro atoms. The average Bonchev–Trinajstić information content (AvgIpc) is 3.29. The molecular formula is C31H46N6O4. The van der Waals surface area contributed by atoms with E-state index in [1.807, 2.05) is 12.1 Å².